The Morgan fingerprint density at radius 3 is 2.59 bits per heavy atom. The van der Waals surface area contributed by atoms with Crippen molar-refractivity contribution in [3.05, 3.63) is 0 Å². The molecule has 0 aromatic rings. The quantitative estimate of drug-likeness (QED) is 0.753. The third-order valence-corrected chi connectivity index (χ3v) is 2.88. The van der Waals surface area contributed by atoms with Crippen LogP contribution in [-0.2, 0) is 9.53 Å². The maximum Gasteiger partial charge on any atom is 0.222 e. The van der Waals surface area contributed by atoms with Gasteiger partial charge < -0.3 is 9.64 Å². The molecule has 1 heterocycles. The molecule has 0 aromatic carbocycles. The predicted molar refractivity (Wildman–Crippen MR) is 71.1 cm³/mol. The van der Waals surface area contributed by atoms with E-state index in [9.17, 15) is 4.79 Å². The normalized spacial score (nSPS) is 20.4. The van der Waals surface area contributed by atoms with Crippen molar-refractivity contribution in [3.63, 3.8) is 0 Å². The summed E-state index contributed by atoms with van der Waals surface area (Å²) in [7, 11) is 1.85. The fraction of sp³-hybridized carbons (Fsp3) is 0.923. The minimum atomic E-state index is 0.180. The summed E-state index contributed by atoms with van der Waals surface area (Å²) in [6.07, 6.45) is 0.750. The maximum atomic E-state index is 11.4. The van der Waals surface area contributed by atoms with Gasteiger partial charge in [0.15, 0.2) is 0 Å². The second-order valence-corrected chi connectivity index (χ2v) is 4.01. The molecule has 1 amide bonds. The van der Waals surface area contributed by atoms with Crippen molar-refractivity contribution < 1.29 is 9.53 Å². The van der Waals surface area contributed by atoms with E-state index < -0.39 is 0 Å². The minimum Gasteiger partial charge on any atom is -0.374 e. The lowest BCUT2D eigenvalue weighted by molar-refractivity contribution is -0.132. The van der Waals surface area contributed by atoms with Gasteiger partial charge in [-0.2, -0.15) is 0 Å². The van der Waals surface area contributed by atoms with Crippen LogP contribution in [-0.4, -0.2) is 61.6 Å². The molecule has 1 atom stereocenters. The van der Waals surface area contributed by atoms with Gasteiger partial charge >= 0.3 is 0 Å². The van der Waals surface area contributed by atoms with Gasteiger partial charge in [-0.15, -0.1) is 0 Å². The summed E-state index contributed by atoms with van der Waals surface area (Å²) in [5.41, 5.74) is 0. The van der Waals surface area contributed by atoms with E-state index in [0.717, 1.165) is 26.2 Å². The molecule has 17 heavy (non-hydrogen) atoms. The van der Waals surface area contributed by atoms with Crippen LogP contribution >= 0.6 is 0 Å². The molecule has 4 nitrogen and oxygen atoms in total. The zero-order chi connectivity index (χ0) is 13.3. The van der Waals surface area contributed by atoms with Crippen LogP contribution in [0.2, 0.25) is 0 Å². The second kappa shape index (κ2) is 9.42. The van der Waals surface area contributed by atoms with Crippen molar-refractivity contribution in [2.24, 2.45) is 0 Å². The summed E-state index contributed by atoms with van der Waals surface area (Å²) >= 11 is 0. The number of nitrogens with zero attached hydrogens (tertiary/aromatic N) is 2. The van der Waals surface area contributed by atoms with E-state index in [1.54, 1.807) is 4.90 Å². The van der Waals surface area contributed by atoms with Gasteiger partial charge in [0.1, 0.15) is 0 Å². The van der Waals surface area contributed by atoms with E-state index in [-0.39, 0.29) is 12.0 Å². The first kappa shape index (κ1) is 16.4. The monoisotopic (exact) mass is 244 g/mol. The Hall–Kier alpha value is -0.610. The molecule has 1 rings (SSSR count). The Morgan fingerprint density at radius 2 is 2.06 bits per heavy atom. The number of ether oxygens (including phenoxy) is 1. The molecule has 0 aliphatic carbocycles. The van der Waals surface area contributed by atoms with Crippen molar-refractivity contribution in [2.75, 3.05) is 39.8 Å². The van der Waals surface area contributed by atoms with Gasteiger partial charge in [-0.25, -0.2) is 0 Å². The summed E-state index contributed by atoms with van der Waals surface area (Å²) in [6, 6.07) is 0. The van der Waals surface area contributed by atoms with Crippen LogP contribution in [0.3, 0.4) is 0 Å². The highest BCUT2D eigenvalue weighted by Gasteiger charge is 2.21. The number of amides is 1. The molecule has 1 unspecified atom stereocenters. The fourth-order valence-corrected chi connectivity index (χ4v) is 1.86. The molecule has 1 aliphatic heterocycles. The fourth-order valence-electron chi connectivity index (χ4n) is 1.86. The first-order valence-corrected chi connectivity index (χ1v) is 6.75. The van der Waals surface area contributed by atoms with Gasteiger partial charge in [0.25, 0.3) is 0 Å². The number of likely N-dealkylation sites (N-methyl/N-ethyl adjacent to an activating group) is 2. The Balaban J connectivity index is 0.00000121. The molecule has 1 saturated heterocycles. The highest BCUT2D eigenvalue weighted by atomic mass is 16.5. The van der Waals surface area contributed by atoms with Crippen LogP contribution in [0.1, 0.15) is 34.1 Å². The highest BCUT2D eigenvalue weighted by molar-refractivity contribution is 5.75. The average Bonchev–Trinajstić information content (AvgIpc) is 2.40. The van der Waals surface area contributed by atoms with E-state index in [0.29, 0.717) is 13.0 Å². The molecular weight excluding hydrogens is 216 g/mol. The molecule has 0 spiro atoms. The van der Waals surface area contributed by atoms with Gasteiger partial charge in [-0.05, 0) is 6.54 Å². The Kier molecular flexibility index (Phi) is 9.09. The Morgan fingerprint density at radius 1 is 1.41 bits per heavy atom. The molecule has 0 bridgehead atoms. The van der Waals surface area contributed by atoms with Gasteiger partial charge in [0, 0.05) is 33.1 Å². The molecule has 0 saturated carbocycles. The molecular formula is C13H28N2O2. The van der Waals surface area contributed by atoms with Gasteiger partial charge in [0.2, 0.25) is 5.91 Å². The van der Waals surface area contributed by atoms with E-state index >= 15 is 0 Å². The second-order valence-electron chi connectivity index (χ2n) is 4.01. The van der Waals surface area contributed by atoms with Crippen molar-refractivity contribution in [2.45, 2.75) is 40.2 Å². The third-order valence-electron chi connectivity index (χ3n) is 2.88. The van der Waals surface area contributed by atoms with Gasteiger partial charge in [-0.3, -0.25) is 9.69 Å². The Bertz CT molecular complexity index is 210. The zero-order valence-electron chi connectivity index (χ0n) is 12.0. The molecule has 0 aromatic heterocycles. The molecule has 1 aliphatic rings. The smallest absolute Gasteiger partial charge is 0.222 e. The van der Waals surface area contributed by atoms with E-state index in [4.69, 9.17) is 4.74 Å². The predicted octanol–water partition coefficient (Wildman–Crippen LogP) is 1.60. The Labute approximate surface area is 106 Å². The first-order valence-electron chi connectivity index (χ1n) is 6.75. The van der Waals surface area contributed by atoms with Crippen LogP contribution in [0.4, 0.5) is 0 Å². The zero-order valence-corrected chi connectivity index (χ0v) is 12.0. The summed E-state index contributed by atoms with van der Waals surface area (Å²) in [5.74, 6) is 0.187. The van der Waals surface area contributed by atoms with Crippen molar-refractivity contribution in [3.8, 4) is 0 Å². The molecule has 0 N–H and O–H groups in total. The minimum absolute atomic E-state index is 0.180. The van der Waals surface area contributed by atoms with E-state index in [1.165, 1.54) is 0 Å². The average molecular weight is 244 g/mol. The lowest BCUT2D eigenvalue weighted by Gasteiger charge is -2.34. The van der Waals surface area contributed by atoms with Gasteiger partial charge in [-0.1, -0.05) is 27.7 Å². The third kappa shape index (κ3) is 6.03. The summed E-state index contributed by atoms with van der Waals surface area (Å²) in [6.45, 7) is 12.6. The summed E-state index contributed by atoms with van der Waals surface area (Å²) < 4.78 is 5.64. The van der Waals surface area contributed by atoms with Gasteiger partial charge in [0.05, 0.1) is 12.7 Å². The maximum absolute atomic E-state index is 11.4. The number of morpholine rings is 1. The lowest BCUT2D eigenvalue weighted by atomic mass is 10.2. The van der Waals surface area contributed by atoms with Crippen molar-refractivity contribution >= 4 is 5.91 Å². The molecule has 4 heteroatoms. The number of hydrogen-bond donors (Lipinski definition) is 0. The lowest BCUT2D eigenvalue weighted by Crippen LogP contribution is -2.47. The number of hydrogen-bond acceptors (Lipinski definition) is 3. The van der Waals surface area contributed by atoms with Crippen LogP contribution in [0, 0.1) is 0 Å². The summed E-state index contributed by atoms with van der Waals surface area (Å²) in [5, 5.41) is 0. The van der Waals surface area contributed by atoms with Crippen LogP contribution in [0.5, 0.6) is 0 Å². The van der Waals surface area contributed by atoms with Crippen LogP contribution < -0.4 is 0 Å². The standard InChI is InChI=1S/C11H22N2O2.C2H6/c1-4-11(14)12(3)8-10-9-13(5-2)6-7-15-10;1-2/h10H,4-9H2,1-3H3;1-2H3. The largest absolute Gasteiger partial charge is 0.374 e. The molecule has 1 fully saturated rings. The molecule has 102 valence electrons. The summed E-state index contributed by atoms with van der Waals surface area (Å²) in [4.78, 5) is 15.5. The first-order chi connectivity index (χ1) is 8.17. The SMILES string of the molecule is CC.CCC(=O)N(C)CC1CN(CC)CCO1. The topological polar surface area (TPSA) is 32.8 Å². The number of carbonyl (C=O) groups is 1. The highest BCUT2D eigenvalue weighted by Crippen LogP contribution is 2.06. The molecule has 0 radical (unpaired) electrons. The van der Waals surface area contributed by atoms with Crippen LogP contribution in [0.25, 0.3) is 0 Å². The van der Waals surface area contributed by atoms with E-state index in [1.807, 2.05) is 27.8 Å². The van der Waals surface area contributed by atoms with Crippen molar-refractivity contribution in [1.29, 1.82) is 0 Å². The number of rotatable bonds is 4. The number of carbonyl (C=O) groups excluding carboxylic acids is 1. The van der Waals surface area contributed by atoms with Crippen molar-refractivity contribution in [1.82, 2.24) is 9.80 Å². The van der Waals surface area contributed by atoms with E-state index in [2.05, 4.69) is 11.8 Å². The van der Waals surface area contributed by atoms with Crippen LogP contribution in [0.15, 0.2) is 0 Å².